The van der Waals surface area contributed by atoms with E-state index in [1.165, 1.54) is 12.1 Å². The second-order valence-electron chi connectivity index (χ2n) is 5.28. The Balaban J connectivity index is 2.08. The first kappa shape index (κ1) is 17.4. The summed E-state index contributed by atoms with van der Waals surface area (Å²) in [6, 6.07) is 11.0. The Kier molecular flexibility index (Phi) is 5.74. The van der Waals surface area contributed by atoms with E-state index in [4.69, 9.17) is 5.11 Å². The largest absolute Gasteiger partial charge is 0.392 e. The third-order valence-electron chi connectivity index (χ3n) is 3.47. The van der Waals surface area contributed by atoms with Gasteiger partial charge in [0, 0.05) is 12.6 Å². The molecule has 124 valence electrons. The van der Waals surface area contributed by atoms with Crippen LogP contribution >= 0.6 is 0 Å². The molecule has 6 heteroatoms. The van der Waals surface area contributed by atoms with Crippen molar-refractivity contribution in [2.75, 3.05) is 0 Å². The van der Waals surface area contributed by atoms with Gasteiger partial charge in [0.05, 0.1) is 13.0 Å². The van der Waals surface area contributed by atoms with Crippen LogP contribution in [0.3, 0.4) is 0 Å². The lowest BCUT2D eigenvalue weighted by atomic mass is 10.0. The van der Waals surface area contributed by atoms with Crippen molar-refractivity contribution in [1.82, 2.24) is 5.32 Å². The maximum absolute atomic E-state index is 12.9. The highest BCUT2D eigenvalue weighted by Crippen LogP contribution is 2.29. The van der Waals surface area contributed by atoms with Crippen molar-refractivity contribution in [3.63, 3.8) is 0 Å². The Labute approximate surface area is 131 Å². The molecule has 1 atom stereocenters. The minimum atomic E-state index is -4.33. The maximum atomic E-state index is 12.9. The van der Waals surface area contributed by atoms with Gasteiger partial charge >= 0.3 is 6.18 Å². The zero-order chi connectivity index (χ0) is 16.9. The van der Waals surface area contributed by atoms with Crippen molar-refractivity contribution in [3.8, 4) is 0 Å². The Morgan fingerprint density at radius 1 is 0.913 bits per heavy atom. The van der Waals surface area contributed by atoms with Gasteiger partial charge in [-0.1, -0.05) is 36.4 Å². The van der Waals surface area contributed by atoms with Crippen molar-refractivity contribution in [3.05, 3.63) is 71.0 Å². The molecule has 0 bridgehead atoms. The minimum absolute atomic E-state index is 0.0833. The molecule has 0 aromatic heterocycles. The molecule has 0 spiro atoms. The zero-order valence-electron chi connectivity index (χ0n) is 12.3. The summed E-state index contributed by atoms with van der Waals surface area (Å²) < 4.78 is 51.2. The van der Waals surface area contributed by atoms with Gasteiger partial charge in [0.2, 0.25) is 0 Å². The zero-order valence-corrected chi connectivity index (χ0v) is 12.3. The van der Waals surface area contributed by atoms with E-state index in [2.05, 4.69) is 5.32 Å². The predicted octanol–water partition coefficient (Wildman–Crippen LogP) is 4.10. The van der Waals surface area contributed by atoms with E-state index in [0.717, 1.165) is 23.3 Å². The molecule has 2 N–H and O–H groups in total. The molecule has 2 aromatic carbocycles. The Bertz CT molecular complexity index is 608. The second-order valence-corrected chi connectivity index (χ2v) is 5.28. The van der Waals surface area contributed by atoms with Crippen LogP contribution in [0, 0.1) is 5.82 Å². The molecule has 2 rings (SSSR count). The second kappa shape index (κ2) is 7.57. The molecule has 0 aliphatic rings. The highest BCUT2D eigenvalue weighted by molar-refractivity contribution is 5.23. The van der Waals surface area contributed by atoms with Crippen LogP contribution in [-0.4, -0.2) is 11.3 Å². The van der Waals surface area contributed by atoms with E-state index < -0.39 is 24.5 Å². The third kappa shape index (κ3) is 5.65. The maximum Gasteiger partial charge on any atom is 0.390 e. The SMILES string of the molecule is OCc1ccc(CNC(CC(F)(F)F)c2ccc(F)cc2)cc1. The van der Waals surface area contributed by atoms with E-state index in [1.54, 1.807) is 24.3 Å². The molecule has 0 heterocycles. The molecule has 0 radical (unpaired) electrons. The quantitative estimate of drug-likeness (QED) is 0.783. The van der Waals surface area contributed by atoms with Gasteiger partial charge in [-0.15, -0.1) is 0 Å². The fraction of sp³-hybridized carbons (Fsp3) is 0.294. The lowest BCUT2D eigenvalue weighted by Gasteiger charge is -2.21. The Hall–Kier alpha value is -1.92. The number of rotatable bonds is 6. The number of hydrogen-bond donors (Lipinski definition) is 2. The first-order valence-electron chi connectivity index (χ1n) is 7.11. The molecule has 1 unspecified atom stereocenters. The van der Waals surface area contributed by atoms with Crippen LogP contribution in [-0.2, 0) is 13.2 Å². The molecule has 0 fully saturated rings. The number of nitrogens with one attached hydrogen (secondary N) is 1. The van der Waals surface area contributed by atoms with Crippen LogP contribution in [0.5, 0.6) is 0 Å². The molecule has 0 aliphatic heterocycles. The fourth-order valence-corrected chi connectivity index (χ4v) is 2.24. The molecule has 0 saturated heterocycles. The molecule has 2 nitrogen and oxygen atoms in total. The number of halogens is 4. The average molecular weight is 327 g/mol. The van der Waals surface area contributed by atoms with E-state index in [-0.39, 0.29) is 13.2 Å². The van der Waals surface area contributed by atoms with E-state index >= 15 is 0 Å². The van der Waals surface area contributed by atoms with Gasteiger partial charge in [0.1, 0.15) is 5.82 Å². The molecular weight excluding hydrogens is 310 g/mol. The van der Waals surface area contributed by atoms with Crippen LogP contribution in [0.1, 0.15) is 29.2 Å². The summed E-state index contributed by atoms with van der Waals surface area (Å²) in [7, 11) is 0. The van der Waals surface area contributed by atoms with E-state index in [0.29, 0.717) is 5.56 Å². The van der Waals surface area contributed by atoms with Gasteiger partial charge in [0.15, 0.2) is 0 Å². The van der Waals surface area contributed by atoms with Gasteiger partial charge in [0.25, 0.3) is 0 Å². The Morgan fingerprint density at radius 2 is 1.48 bits per heavy atom. The topological polar surface area (TPSA) is 32.3 Å². The first-order chi connectivity index (χ1) is 10.9. The lowest BCUT2D eigenvalue weighted by molar-refractivity contribution is -0.140. The number of aliphatic hydroxyl groups is 1. The van der Waals surface area contributed by atoms with E-state index in [9.17, 15) is 17.6 Å². The summed E-state index contributed by atoms with van der Waals surface area (Å²) in [4.78, 5) is 0. The van der Waals surface area contributed by atoms with Gasteiger partial charge in [-0.2, -0.15) is 13.2 Å². The van der Waals surface area contributed by atoms with Gasteiger partial charge in [-0.05, 0) is 28.8 Å². The monoisotopic (exact) mass is 327 g/mol. The standard InChI is InChI=1S/C17H17F4NO/c18-15-7-5-14(6-8-15)16(9-17(19,20)21)22-10-12-1-3-13(11-23)4-2-12/h1-8,16,22-23H,9-11H2. The molecule has 0 saturated carbocycles. The number of benzene rings is 2. The number of alkyl halides is 3. The van der Waals surface area contributed by atoms with Crippen molar-refractivity contribution in [2.45, 2.75) is 31.8 Å². The smallest absolute Gasteiger partial charge is 0.390 e. The molecule has 0 amide bonds. The van der Waals surface area contributed by atoms with Crippen molar-refractivity contribution in [1.29, 1.82) is 0 Å². The molecular formula is C17H17F4NO. The summed E-state index contributed by atoms with van der Waals surface area (Å²) in [5.41, 5.74) is 1.92. The van der Waals surface area contributed by atoms with Gasteiger partial charge in [-0.3, -0.25) is 0 Å². The summed E-state index contributed by atoms with van der Waals surface area (Å²) in [6.45, 7) is 0.157. The minimum Gasteiger partial charge on any atom is -0.392 e. The fourth-order valence-electron chi connectivity index (χ4n) is 2.24. The number of hydrogen-bond acceptors (Lipinski definition) is 2. The van der Waals surface area contributed by atoms with Crippen molar-refractivity contribution < 1.29 is 22.7 Å². The Morgan fingerprint density at radius 3 is 2.00 bits per heavy atom. The normalized spacial score (nSPS) is 13.1. The van der Waals surface area contributed by atoms with Crippen LogP contribution in [0.2, 0.25) is 0 Å². The summed E-state index contributed by atoms with van der Waals surface area (Å²) in [5, 5.41) is 11.8. The highest BCUT2D eigenvalue weighted by atomic mass is 19.4. The molecule has 2 aromatic rings. The first-order valence-corrected chi connectivity index (χ1v) is 7.11. The summed E-state index contributed by atoms with van der Waals surface area (Å²) in [6.07, 6.45) is -5.36. The van der Waals surface area contributed by atoms with Crippen LogP contribution in [0.4, 0.5) is 17.6 Å². The van der Waals surface area contributed by atoms with E-state index in [1.807, 2.05) is 0 Å². The molecule has 23 heavy (non-hydrogen) atoms. The van der Waals surface area contributed by atoms with Crippen LogP contribution in [0.25, 0.3) is 0 Å². The van der Waals surface area contributed by atoms with Gasteiger partial charge < -0.3 is 10.4 Å². The third-order valence-corrected chi connectivity index (χ3v) is 3.47. The van der Waals surface area contributed by atoms with Gasteiger partial charge in [-0.25, -0.2) is 4.39 Å². The summed E-state index contributed by atoms with van der Waals surface area (Å²) in [5.74, 6) is -0.487. The average Bonchev–Trinajstić information content (AvgIpc) is 2.52. The predicted molar refractivity (Wildman–Crippen MR) is 79.0 cm³/mol. The summed E-state index contributed by atoms with van der Waals surface area (Å²) >= 11 is 0. The van der Waals surface area contributed by atoms with Crippen LogP contribution in [0.15, 0.2) is 48.5 Å². The van der Waals surface area contributed by atoms with Crippen LogP contribution < -0.4 is 5.32 Å². The van der Waals surface area contributed by atoms with Crippen molar-refractivity contribution >= 4 is 0 Å². The lowest BCUT2D eigenvalue weighted by Crippen LogP contribution is -2.26. The highest BCUT2D eigenvalue weighted by Gasteiger charge is 2.32. The number of aliphatic hydroxyl groups excluding tert-OH is 1. The van der Waals surface area contributed by atoms with Crippen molar-refractivity contribution in [2.24, 2.45) is 0 Å². The molecule has 0 aliphatic carbocycles.